The van der Waals surface area contributed by atoms with Gasteiger partial charge in [-0.1, -0.05) is 0 Å². The molecule has 1 aromatic carbocycles. The maximum Gasteiger partial charge on any atom is 0.375 e. The van der Waals surface area contributed by atoms with Crippen LogP contribution in [0.2, 0.25) is 0 Å². The Morgan fingerprint density at radius 3 is 2.60 bits per heavy atom. The molecule has 25 heavy (non-hydrogen) atoms. The lowest BCUT2D eigenvalue weighted by atomic mass is 10.2. The average Bonchev–Trinajstić information content (AvgIpc) is 3.24. The van der Waals surface area contributed by atoms with Gasteiger partial charge in [0.15, 0.2) is 6.10 Å². The van der Waals surface area contributed by atoms with Gasteiger partial charge in [-0.2, -0.15) is 0 Å². The number of ether oxygens (including phenoxy) is 1. The molecule has 130 valence electrons. The Balaban J connectivity index is 1.66. The van der Waals surface area contributed by atoms with Crippen molar-refractivity contribution in [2.45, 2.75) is 13.0 Å². The number of hydrogen-bond donors (Lipinski definition) is 1. The number of furan rings is 1. The van der Waals surface area contributed by atoms with E-state index < -0.39 is 24.0 Å². The number of amides is 3. The maximum atomic E-state index is 12.9. The molecule has 1 N–H and O–H groups in total. The summed E-state index contributed by atoms with van der Waals surface area (Å²) in [4.78, 5) is 36.7. The van der Waals surface area contributed by atoms with Gasteiger partial charge < -0.3 is 14.5 Å². The van der Waals surface area contributed by atoms with Gasteiger partial charge in [0.05, 0.1) is 0 Å². The van der Waals surface area contributed by atoms with Gasteiger partial charge in [-0.3, -0.25) is 9.69 Å². The number of imide groups is 1. The fourth-order valence-corrected chi connectivity index (χ4v) is 2.39. The highest BCUT2D eigenvalue weighted by Gasteiger charge is 2.32. The van der Waals surface area contributed by atoms with E-state index in [0.29, 0.717) is 17.9 Å². The van der Waals surface area contributed by atoms with E-state index in [2.05, 4.69) is 5.32 Å². The molecule has 0 radical (unpaired) electrons. The van der Waals surface area contributed by atoms with Crippen molar-refractivity contribution in [3.63, 3.8) is 0 Å². The van der Waals surface area contributed by atoms with E-state index >= 15 is 0 Å². The molecule has 1 fully saturated rings. The number of nitrogens with one attached hydrogen (secondary N) is 1. The van der Waals surface area contributed by atoms with Crippen LogP contribution in [-0.4, -0.2) is 42.0 Å². The van der Waals surface area contributed by atoms with E-state index in [1.54, 1.807) is 6.07 Å². The number of carbonyl (C=O) groups excluding carboxylic acids is 3. The average molecular weight is 346 g/mol. The highest BCUT2D eigenvalue weighted by molar-refractivity contribution is 5.99. The van der Waals surface area contributed by atoms with Crippen molar-refractivity contribution < 1.29 is 27.9 Å². The summed E-state index contributed by atoms with van der Waals surface area (Å²) in [5.41, 5.74) is 0.596. The molecular weight excluding hydrogens is 331 g/mol. The molecule has 1 aromatic heterocycles. The summed E-state index contributed by atoms with van der Waals surface area (Å²) < 4.78 is 23.4. The van der Waals surface area contributed by atoms with E-state index in [-0.39, 0.29) is 18.1 Å². The van der Waals surface area contributed by atoms with Gasteiger partial charge in [-0.05, 0) is 43.3 Å². The first-order valence-electron chi connectivity index (χ1n) is 7.61. The zero-order valence-corrected chi connectivity index (χ0v) is 13.3. The Hall–Kier alpha value is -3.16. The van der Waals surface area contributed by atoms with E-state index in [1.807, 2.05) is 0 Å². The largest absolute Gasteiger partial charge is 0.449 e. The summed E-state index contributed by atoms with van der Waals surface area (Å²) in [6, 6.07) is 8.02. The fourth-order valence-electron chi connectivity index (χ4n) is 2.39. The van der Waals surface area contributed by atoms with Gasteiger partial charge in [0.25, 0.3) is 5.91 Å². The van der Waals surface area contributed by atoms with Gasteiger partial charge in [-0.15, -0.1) is 0 Å². The molecule has 0 aliphatic carbocycles. The Morgan fingerprint density at radius 2 is 1.96 bits per heavy atom. The second kappa shape index (κ2) is 6.76. The third-order valence-electron chi connectivity index (χ3n) is 3.69. The minimum atomic E-state index is -1.13. The predicted octanol–water partition coefficient (Wildman–Crippen LogP) is 2.18. The molecule has 1 aliphatic rings. The molecule has 2 aromatic rings. The second-order valence-electron chi connectivity index (χ2n) is 5.44. The molecular formula is C17H15FN2O5. The minimum Gasteiger partial charge on any atom is -0.449 e. The highest BCUT2D eigenvalue weighted by atomic mass is 19.1. The first kappa shape index (κ1) is 16.7. The molecule has 1 saturated heterocycles. The van der Waals surface area contributed by atoms with Gasteiger partial charge in [0.2, 0.25) is 5.76 Å². The molecule has 2 heterocycles. The van der Waals surface area contributed by atoms with Gasteiger partial charge in [0.1, 0.15) is 11.6 Å². The fraction of sp³-hybridized carbons (Fsp3) is 0.235. The van der Waals surface area contributed by atoms with Crippen LogP contribution >= 0.6 is 0 Å². The van der Waals surface area contributed by atoms with Crippen LogP contribution < -0.4 is 5.32 Å². The SMILES string of the molecule is C[C@@H](OC(=O)c1ccc(-c2ccc(F)cc2)o1)C(=O)N1CCNC1=O. The summed E-state index contributed by atoms with van der Waals surface area (Å²) in [5.74, 6) is -1.54. The summed E-state index contributed by atoms with van der Waals surface area (Å²) in [7, 11) is 0. The quantitative estimate of drug-likeness (QED) is 0.857. The number of esters is 1. The third-order valence-corrected chi connectivity index (χ3v) is 3.69. The van der Waals surface area contributed by atoms with Crippen LogP contribution in [0.1, 0.15) is 17.5 Å². The van der Waals surface area contributed by atoms with Crippen LogP contribution in [0.5, 0.6) is 0 Å². The Kier molecular flexibility index (Phi) is 4.51. The number of hydrogen-bond acceptors (Lipinski definition) is 5. The van der Waals surface area contributed by atoms with E-state index in [0.717, 1.165) is 4.90 Å². The Morgan fingerprint density at radius 1 is 1.24 bits per heavy atom. The summed E-state index contributed by atoms with van der Waals surface area (Å²) >= 11 is 0. The predicted molar refractivity (Wildman–Crippen MR) is 84.1 cm³/mol. The number of urea groups is 1. The molecule has 8 heteroatoms. The third kappa shape index (κ3) is 3.52. The normalized spacial score (nSPS) is 15.0. The van der Waals surface area contributed by atoms with E-state index in [1.165, 1.54) is 37.3 Å². The number of nitrogens with zero attached hydrogens (tertiary/aromatic N) is 1. The molecule has 0 saturated carbocycles. The van der Waals surface area contributed by atoms with Crippen molar-refractivity contribution in [2.24, 2.45) is 0 Å². The lowest BCUT2D eigenvalue weighted by Gasteiger charge is -2.17. The van der Waals surface area contributed by atoms with Crippen molar-refractivity contribution in [1.82, 2.24) is 10.2 Å². The number of carbonyl (C=O) groups is 3. The van der Waals surface area contributed by atoms with Crippen LogP contribution in [0, 0.1) is 5.82 Å². The molecule has 1 aliphatic heterocycles. The highest BCUT2D eigenvalue weighted by Crippen LogP contribution is 2.23. The molecule has 7 nitrogen and oxygen atoms in total. The van der Waals surface area contributed by atoms with Crippen molar-refractivity contribution in [3.05, 3.63) is 48.0 Å². The molecule has 0 bridgehead atoms. The van der Waals surface area contributed by atoms with Gasteiger partial charge >= 0.3 is 12.0 Å². The van der Waals surface area contributed by atoms with Crippen LogP contribution in [0.25, 0.3) is 11.3 Å². The van der Waals surface area contributed by atoms with Crippen LogP contribution in [-0.2, 0) is 9.53 Å². The van der Waals surface area contributed by atoms with Crippen molar-refractivity contribution in [2.75, 3.05) is 13.1 Å². The molecule has 1 atom stereocenters. The molecule has 0 spiro atoms. The summed E-state index contributed by atoms with van der Waals surface area (Å²) in [6.45, 7) is 1.98. The summed E-state index contributed by atoms with van der Waals surface area (Å²) in [6.07, 6.45) is -1.13. The van der Waals surface area contributed by atoms with Crippen molar-refractivity contribution in [3.8, 4) is 11.3 Å². The Bertz CT molecular complexity index is 815. The first-order chi connectivity index (χ1) is 12.0. The van der Waals surface area contributed by atoms with E-state index in [4.69, 9.17) is 9.15 Å². The lowest BCUT2D eigenvalue weighted by Crippen LogP contribution is -2.41. The summed E-state index contributed by atoms with van der Waals surface area (Å²) in [5, 5.41) is 2.50. The topological polar surface area (TPSA) is 88.8 Å². The Labute approximate surface area is 142 Å². The van der Waals surface area contributed by atoms with Crippen molar-refractivity contribution in [1.29, 1.82) is 0 Å². The first-order valence-corrected chi connectivity index (χ1v) is 7.61. The lowest BCUT2D eigenvalue weighted by molar-refractivity contribution is -0.136. The number of benzene rings is 1. The number of halogens is 1. The van der Waals surface area contributed by atoms with Crippen LogP contribution in [0.3, 0.4) is 0 Å². The zero-order valence-electron chi connectivity index (χ0n) is 13.3. The molecule has 3 amide bonds. The smallest absolute Gasteiger partial charge is 0.375 e. The van der Waals surface area contributed by atoms with E-state index in [9.17, 15) is 18.8 Å². The molecule has 3 rings (SSSR count). The van der Waals surface area contributed by atoms with Gasteiger partial charge in [0, 0.05) is 18.7 Å². The van der Waals surface area contributed by atoms with Crippen molar-refractivity contribution >= 4 is 17.9 Å². The second-order valence-corrected chi connectivity index (χ2v) is 5.44. The minimum absolute atomic E-state index is 0.0927. The maximum absolute atomic E-state index is 12.9. The molecule has 0 unspecified atom stereocenters. The standard InChI is InChI=1S/C17H15FN2O5/c1-10(15(21)20-9-8-19-17(20)23)24-16(22)14-7-6-13(25-14)11-2-4-12(18)5-3-11/h2-7,10H,8-9H2,1H3,(H,19,23)/t10-/m1/s1. The monoisotopic (exact) mass is 346 g/mol. The number of rotatable bonds is 4. The van der Waals surface area contributed by atoms with Crippen LogP contribution in [0.15, 0.2) is 40.8 Å². The van der Waals surface area contributed by atoms with Crippen LogP contribution in [0.4, 0.5) is 9.18 Å². The van der Waals surface area contributed by atoms with Gasteiger partial charge in [-0.25, -0.2) is 14.0 Å². The zero-order chi connectivity index (χ0) is 18.0.